The SMILES string of the molecule is NC(=O)CNC(=O)COC(=O)c1cccc(CSc2ccc(Cl)cc2)c1. The molecule has 2 aromatic rings. The first-order valence-electron chi connectivity index (χ1n) is 7.63. The summed E-state index contributed by atoms with van der Waals surface area (Å²) in [7, 11) is 0. The van der Waals surface area contributed by atoms with Gasteiger partial charge < -0.3 is 15.8 Å². The summed E-state index contributed by atoms with van der Waals surface area (Å²) in [5, 5.41) is 2.92. The van der Waals surface area contributed by atoms with E-state index in [1.165, 1.54) is 0 Å². The number of nitrogens with two attached hydrogens (primary N) is 1. The Kier molecular flexibility index (Phi) is 7.50. The van der Waals surface area contributed by atoms with Gasteiger partial charge in [-0.1, -0.05) is 23.7 Å². The molecular formula is C18H17ClN2O4S. The highest BCUT2D eigenvalue weighted by Crippen LogP contribution is 2.24. The van der Waals surface area contributed by atoms with Gasteiger partial charge in [0.2, 0.25) is 5.91 Å². The maximum Gasteiger partial charge on any atom is 0.338 e. The number of esters is 1. The van der Waals surface area contributed by atoms with Crippen LogP contribution in [0, 0.1) is 0 Å². The molecule has 0 fully saturated rings. The molecule has 0 saturated heterocycles. The van der Waals surface area contributed by atoms with E-state index in [-0.39, 0.29) is 6.54 Å². The quantitative estimate of drug-likeness (QED) is 0.531. The number of ether oxygens (including phenoxy) is 1. The highest BCUT2D eigenvalue weighted by atomic mass is 35.5. The van der Waals surface area contributed by atoms with Crippen LogP contribution >= 0.6 is 23.4 Å². The van der Waals surface area contributed by atoms with E-state index in [1.54, 1.807) is 30.0 Å². The zero-order chi connectivity index (χ0) is 18.9. The third-order valence-corrected chi connectivity index (χ3v) is 4.51. The van der Waals surface area contributed by atoms with Gasteiger partial charge in [0.05, 0.1) is 12.1 Å². The minimum atomic E-state index is -0.671. The van der Waals surface area contributed by atoms with E-state index < -0.39 is 24.4 Å². The monoisotopic (exact) mass is 392 g/mol. The second-order valence-corrected chi connectivity index (χ2v) is 6.75. The molecule has 3 N–H and O–H groups in total. The summed E-state index contributed by atoms with van der Waals surface area (Å²) in [4.78, 5) is 35.1. The Bertz CT molecular complexity index is 796. The van der Waals surface area contributed by atoms with Gasteiger partial charge in [-0.2, -0.15) is 0 Å². The van der Waals surface area contributed by atoms with E-state index in [1.807, 2.05) is 30.3 Å². The van der Waals surface area contributed by atoms with Crippen molar-refractivity contribution < 1.29 is 19.1 Å². The lowest BCUT2D eigenvalue weighted by Gasteiger charge is -2.07. The lowest BCUT2D eigenvalue weighted by molar-refractivity contribution is -0.127. The van der Waals surface area contributed by atoms with Crippen molar-refractivity contribution in [3.63, 3.8) is 0 Å². The van der Waals surface area contributed by atoms with Crippen LogP contribution in [0.3, 0.4) is 0 Å². The van der Waals surface area contributed by atoms with Crippen LogP contribution in [-0.4, -0.2) is 30.9 Å². The van der Waals surface area contributed by atoms with Gasteiger partial charge >= 0.3 is 5.97 Å². The van der Waals surface area contributed by atoms with Crippen molar-refractivity contribution in [1.82, 2.24) is 5.32 Å². The van der Waals surface area contributed by atoms with Crippen molar-refractivity contribution in [2.45, 2.75) is 10.6 Å². The maximum absolute atomic E-state index is 12.0. The summed E-state index contributed by atoms with van der Waals surface area (Å²) in [6.45, 7) is -0.774. The number of carbonyl (C=O) groups excluding carboxylic acids is 3. The number of nitrogens with one attached hydrogen (secondary N) is 1. The summed E-state index contributed by atoms with van der Waals surface area (Å²) in [5.74, 6) is -1.21. The zero-order valence-electron chi connectivity index (χ0n) is 13.7. The average molecular weight is 393 g/mol. The first-order valence-corrected chi connectivity index (χ1v) is 9.00. The van der Waals surface area contributed by atoms with Crippen LogP contribution in [0.5, 0.6) is 0 Å². The fourth-order valence-electron chi connectivity index (χ4n) is 1.94. The second kappa shape index (κ2) is 9.84. The van der Waals surface area contributed by atoms with Crippen molar-refractivity contribution in [3.8, 4) is 0 Å². The highest BCUT2D eigenvalue weighted by molar-refractivity contribution is 7.98. The summed E-state index contributed by atoms with van der Waals surface area (Å²) < 4.78 is 4.93. The van der Waals surface area contributed by atoms with Crippen LogP contribution in [0.1, 0.15) is 15.9 Å². The molecule has 0 radical (unpaired) electrons. The van der Waals surface area contributed by atoms with Gasteiger partial charge in [-0.15, -0.1) is 11.8 Å². The van der Waals surface area contributed by atoms with E-state index in [9.17, 15) is 14.4 Å². The molecule has 136 valence electrons. The Morgan fingerprint density at radius 3 is 2.54 bits per heavy atom. The minimum absolute atomic E-state index is 0.298. The van der Waals surface area contributed by atoms with Crippen LogP contribution in [-0.2, 0) is 20.1 Å². The molecule has 0 unspecified atom stereocenters. The van der Waals surface area contributed by atoms with Gasteiger partial charge in [-0.3, -0.25) is 9.59 Å². The molecule has 2 amide bonds. The van der Waals surface area contributed by atoms with Crippen LogP contribution < -0.4 is 11.1 Å². The number of hydrogen-bond acceptors (Lipinski definition) is 5. The number of halogens is 1. The van der Waals surface area contributed by atoms with Crippen LogP contribution in [0.2, 0.25) is 5.02 Å². The molecule has 0 atom stereocenters. The van der Waals surface area contributed by atoms with Gasteiger partial charge in [-0.05, 0) is 42.0 Å². The largest absolute Gasteiger partial charge is 0.452 e. The lowest BCUT2D eigenvalue weighted by Crippen LogP contribution is -2.35. The van der Waals surface area contributed by atoms with E-state index in [0.29, 0.717) is 16.3 Å². The Labute approximate surface area is 160 Å². The van der Waals surface area contributed by atoms with Crippen molar-refractivity contribution in [1.29, 1.82) is 0 Å². The first-order chi connectivity index (χ1) is 12.4. The predicted octanol–water partition coefficient (Wildman–Crippen LogP) is 2.39. The Hall–Kier alpha value is -2.51. The first kappa shape index (κ1) is 19.8. The van der Waals surface area contributed by atoms with Gasteiger partial charge in [0.1, 0.15) is 0 Å². The lowest BCUT2D eigenvalue weighted by atomic mass is 10.1. The van der Waals surface area contributed by atoms with Gasteiger partial charge in [0.25, 0.3) is 5.91 Å². The molecule has 0 spiro atoms. The maximum atomic E-state index is 12.0. The molecule has 0 aliphatic carbocycles. The average Bonchev–Trinajstić information content (AvgIpc) is 2.64. The Morgan fingerprint density at radius 2 is 1.85 bits per heavy atom. The number of benzene rings is 2. The molecule has 0 aliphatic rings. The molecule has 0 bridgehead atoms. The van der Waals surface area contributed by atoms with Crippen LogP contribution in [0.4, 0.5) is 0 Å². The summed E-state index contributed by atoms with van der Waals surface area (Å²) in [5.41, 5.74) is 6.20. The molecule has 8 heteroatoms. The minimum Gasteiger partial charge on any atom is -0.452 e. The molecule has 0 heterocycles. The molecule has 0 aliphatic heterocycles. The highest BCUT2D eigenvalue weighted by Gasteiger charge is 2.11. The molecular weight excluding hydrogens is 376 g/mol. The summed E-state index contributed by atoms with van der Waals surface area (Å²) in [6.07, 6.45) is 0. The number of primary amides is 1. The topological polar surface area (TPSA) is 98.5 Å². The summed E-state index contributed by atoms with van der Waals surface area (Å²) in [6, 6.07) is 14.5. The standard InChI is InChI=1S/C18H17ClN2O4S/c19-14-4-6-15(7-5-14)26-11-12-2-1-3-13(8-12)18(24)25-10-17(23)21-9-16(20)22/h1-8H,9-11H2,(H2,20,22)(H,21,23). The van der Waals surface area contributed by atoms with Gasteiger partial charge in [0.15, 0.2) is 6.61 Å². The normalized spacial score (nSPS) is 10.2. The van der Waals surface area contributed by atoms with Crippen molar-refractivity contribution in [3.05, 3.63) is 64.7 Å². The third kappa shape index (κ3) is 6.78. The zero-order valence-corrected chi connectivity index (χ0v) is 15.3. The molecule has 0 saturated carbocycles. The van der Waals surface area contributed by atoms with Crippen molar-refractivity contribution in [2.75, 3.05) is 13.2 Å². The number of carbonyl (C=O) groups is 3. The molecule has 6 nitrogen and oxygen atoms in total. The molecule has 0 aromatic heterocycles. The van der Waals surface area contributed by atoms with Gasteiger partial charge in [0, 0.05) is 15.7 Å². The number of thioether (sulfide) groups is 1. The molecule has 2 aromatic carbocycles. The predicted molar refractivity (Wildman–Crippen MR) is 99.9 cm³/mol. The van der Waals surface area contributed by atoms with E-state index in [4.69, 9.17) is 22.1 Å². The van der Waals surface area contributed by atoms with E-state index in [2.05, 4.69) is 5.32 Å². The molecule has 26 heavy (non-hydrogen) atoms. The fourth-order valence-corrected chi connectivity index (χ4v) is 2.90. The van der Waals surface area contributed by atoms with Gasteiger partial charge in [-0.25, -0.2) is 4.79 Å². The van der Waals surface area contributed by atoms with Crippen LogP contribution in [0.15, 0.2) is 53.4 Å². The number of amides is 2. The fraction of sp³-hybridized carbons (Fsp3) is 0.167. The van der Waals surface area contributed by atoms with Crippen molar-refractivity contribution in [2.24, 2.45) is 5.73 Å². The van der Waals surface area contributed by atoms with E-state index >= 15 is 0 Å². The Morgan fingerprint density at radius 1 is 1.12 bits per heavy atom. The van der Waals surface area contributed by atoms with E-state index in [0.717, 1.165) is 10.5 Å². The third-order valence-electron chi connectivity index (χ3n) is 3.18. The molecule has 2 rings (SSSR count). The number of hydrogen-bond donors (Lipinski definition) is 2. The summed E-state index contributed by atoms with van der Waals surface area (Å²) >= 11 is 7.47. The van der Waals surface area contributed by atoms with Crippen molar-refractivity contribution >= 4 is 41.1 Å². The second-order valence-electron chi connectivity index (χ2n) is 5.26. The number of rotatable bonds is 8. The van der Waals surface area contributed by atoms with Crippen LogP contribution in [0.25, 0.3) is 0 Å². The Balaban J connectivity index is 1.87. The smallest absolute Gasteiger partial charge is 0.338 e.